The van der Waals surface area contributed by atoms with Gasteiger partial charge in [0.1, 0.15) is 19.3 Å². The van der Waals surface area contributed by atoms with Crippen LogP contribution in [0.15, 0.2) is 0 Å². The highest BCUT2D eigenvalue weighted by molar-refractivity contribution is 7.47. The normalized spacial score (nSPS) is 14.5. The number of carbonyl (C=O) groups is 4. The average Bonchev–Trinajstić information content (AvgIpc) is 0.944. The summed E-state index contributed by atoms with van der Waals surface area (Å²) in [6.45, 7) is 11.9. The number of phosphoric ester groups is 2. The highest BCUT2D eigenvalue weighted by atomic mass is 31.2. The molecule has 17 nitrogen and oxygen atoms in total. The van der Waals surface area contributed by atoms with E-state index in [0.717, 1.165) is 120 Å². The lowest BCUT2D eigenvalue weighted by Gasteiger charge is -2.21. The maximum absolute atomic E-state index is 13.1. The summed E-state index contributed by atoms with van der Waals surface area (Å²) < 4.78 is 68.5. The maximum Gasteiger partial charge on any atom is 0.472 e. The summed E-state index contributed by atoms with van der Waals surface area (Å²) in [6, 6.07) is 0. The van der Waals surface area contributed by atoms with Crippen LogP contribution in [0.1, 0.15) is 421 Å². The molecule has 100 heavy (non-hydrogen) atoms. The van der Waals surface area contributed by atoms with Crippen molar-refractivity contribution < 1.29 is 80.2 Å². The number of unbranched alkanes of at least 4 members (excludes halogenated alkanes) is 45. The van der Waals surface area contributed by atoms with E-state index in [9.17, 15) is 43.2 Å². The van der Waals surface area contributed by atoms with Crippen molar-refractivity contribution >= 4 is 39.5 Å². The molecule has 594 valence electrons. The van der Waals surface area contributed by atoms with Crippen LogP contribution in [0.3, 0.4) is 0 Å². The summed E-state index contributed by atoms with van der Waals surface area (Å²) in [5.74, 6) is 0.294. The van der Waals surface area contributed by atoms with Crippen molar-refractivity contribution in [3.05, 3.63) is 0 Å². The zero-order chi connectivity index (χ0) is 73.7. The van der Waals surface area contributed by atoms with Crippen molar-refractivity contribution in [1.82, 2.24) is 0 Å². The first kappa shape index (κ1) is 98.1. The second kappa shape index (κ2) is 71.3. The van der Waals surface area contributed by atoms with Crippen molar-refractivity contribution in [2.45, 2.75) is 439 Å². The van der Waals surface area contributed by atoms with Gasteiger partial charge in [-0.3, -0.25) is 37.3 Å². The number of hydrogen-bond acceptors (Lipinski definition) is 15. The number of hydrogen-bond donors (Lipinski definition) is 3. The number of phosphoric acid groups is 2. The van der Waals surface area contributed by atoms with Gasteiger partial charge in [0.2, 0.25) is 0 Å². The van der Waals surface area contributed by atoms with Gasteiger partial charge in [-0.25, -0.2) is 9.13 Å². The van der Waals surface area contributed by atoms with Gasteiger partial charge in [0.15, 0.2) is 12.2 Å². The lowest BCUT2D eigenvalue weighted by atomic mass is 9.99. The first-order valence-electron chi connectivity index (χ1n) is 41.9. The van der Waals surface area contributed by atoms with E-state index in [1.807, 2.05) is 0 Å². The summed E-state index contributed by atoms with van der Waals surface area (Å²) >= 11 is 0. The van der Waals surface area contributed by atoms with Crippen molar-refractivity contribution in [1.29, 1.82) is 0 Å². The quantitative estimate of drug-likeness (QED) is 0.0222. The van der Waals surface area contributed by atoms with Gasteiger partial charge in [0.05, 0.1) is 26.4 Å². The van der Waals surface area contributed by atoms with E-state index >= 15 is 0 Å². The summed E-state index contributed by atoms with van der Waals surface area (Å²) in [7, 11) is -9.91. The third kappa shape index (κ3) is 71.7. The molecule has 7 atom stereocenters. The van der Waals surface area contributed by atoms with Gasteiger partial charge in [-0.15, -0.1) is 0 Å². The number of ether oxygens (including phenoxy) is 4. The zero-order valence-corrected chi connectivity index (χ0v) is 67.5. The van der Waals surface area contributed by atoms with Gasteiger partial charge in [0, 0.05) is 25.7 Å². The van der Waals surface area contributed by atoms with Crippen LogP contribution in [0.5, 0.6) is 0 Å². The molecule has 0 fully saturated rings. The van der Waals surface area contributed by atoms with Gasteiger partial charge in [-0.1, -0.05) is 370 Å². The van der Waals surface area contributed by atoms with Crippen molar-refractivity contribution in [3.63, 3.8) is 0 Å². The Morgan fingerprint density at radius 3 is 0.760 bits per heavy atom. The van der Waals surface area contributed by atoms with Crippen LogP contribution in [0.25, 0.3) is 0 Å². The van der Waals surface area contributed by atoms with E-state index < -0.39 is 97.5 Å². The predicted octanol–water partition coefficient (Wildman–Crippen LogP) is 24.1. The lowest BCUT2D eigenvalue weighted by Crippen LogP contribution is -2.30. The Kier molecular flexibility index (Phi) is 69.9. The Hall–Kier alpha value is -1.94. The molecule has 0 aliphatic heterocycles. The number of esters is 4. The molecule has 0 radical (unpaired) electrons. The van der Waals surface area contributed by atoms with Crippen molar-refractivity contribution in [2.75, 3.05) is 39.6 Å². The number of aliphatic hydroxyl groups excluding tert-OH is 1. The van der Waals surface area contributed by atoms with Gasteiger partial charge >= 0.3 is 39.5 Å². The molecule has 19 heteroatoms. The fourth-order valence-electron chi connectivity index (χ4n) is 12.4. The van der Waals surface area contributed by atoms with Crippen LogP contribution in [0.4, 0.5) is 0 Å². The van der Waals surface area contributed by atoms with Crippen LogP contribution in [-0.4, -0.2) is 96.7 Å². The van der Waals surface area contributed by atoms with Crippen LogP contribution in [0, 0.1) is 17.8 Å². The first-order chi connectivity index (χ1) is 48.3. The number of aliphatic hydroxyl groups is 1. The molecule has 0 heterocycles. The van der Waals surface area contributed by atoms with Crippen LogP contribution in [0.2, 0.25) is 0 Å². The van der Waals surface area contributed by atoms with Crippen molar-refractivity contribution in [3.8, 4) is 0 Å². The molecule has 0 aromatic rings. The summed E-state index contributed by atoms with van der Waals surface area (Å²) in [5, 5.41) is 10.6. The van der Waals surface area contributed by atoms with Gasteiger partial charge in [-0.05, 0) is 43.4 Å². The van der Waals surface area contributed by atoms with Gasteiger partial charge in [-0.2, -0.15) is 0 Å². The second-order valence-corrected chi connectivity index (χ2v) is 33.0. The standard InChI is InChI=1S/C81H158O17P2/c1-8-11-12-13-38-48-55-62-78(83)91-68-77(98-81(86)65-58-51-44-43-47-54-61-74(7)10-3)71-96-100(89,90)94-67-75(82)66-93-99(87,88)95-70-76(69-92-79(84)63-56-49-41-36-32-28-24-20-16-14-18-22-26-30-34-39-45-52-59-72(4)5)97-80(85)64-57-50-42-37-33-29-25-21-17-15-19-23-27-31-35-40-46-53-60-73(6)9-2/h72-77,82H,8-71H2,1-7H3,(H,87,88)(H,89,90)/t73?,74?,75-,76-,77-/m1/s1. The Bertz CT molecular complexity index is 1940. The molecule has 0 aliphatic carbocycles. The Morgan fingerprint density at radius 1 is 0.290 bits per heavy atom. The highest BCUT2D eigenvalue weighted by Gasteiger charge is 2.30. The van der Waals surface area contributed by atoms with E-state index in [1.165, 1.54) is 218 Å². The minimum atomic E-state index is -4.96. The van der Waals surface area contributed by atoms with Crippen LogP contribution < -0.4 is 0 Å². The molecule has 0 aromatic heterocycles. The first-order valence-corrected chi connectivity index (χ1v) is 44.9. The molecule has 3 N–H and O–H groups in total. The molecule has 0 bridgehead atoms. The molecular weight excluding hydrogens is 1310 g/mol. The Balaban J connectivity index is 5.13. The lowest BCUT2D eigenvalue weighted by molar-refractivity contribution is -0.161. The van der Waals surface area contributed by atoms with E-state index in [0.29, 0.717) is 25.7 Å². The van der Waals surface area contributed by atoms with Gasteiger partial charge in [0.25, 0.3) is 0 Å². The van der Waals surface area contributed by atoms with E-state index in [1.54, 1.807) is 0 Å². The molecule has 0 saturated heterocycles. The smallest absolute Gasteiger partial charge is 0.462 e. The highest BCUT2D eigenvalue weighted by Crippen LogP contribution is 2.45. The molecule has 0 spiro atoms. The van der Waals surface area contributed by atoms with E-state index in [4.69, 9.17) is 37.0 Å². The maximum atomic E-state index is 13.1. The average molecular weight is 1470 g/mol. The minimum absolute atomic E-state index is 0.103. The van der Waals surface area contributed by atoms with E-state index in [2.05, 4.69) is 48.5 Å². The fourth-order valence-corrected chi connectivity index (χ4v) is 14.0. The summed E-state index contributed by atoms with van der Waals surface area (Å²) in [5.41, 5.74) is 0. The predicted molar refractivity (Wildman–Crippen MR) is 409 cm³/mol. The zero-order valence-electron chi connectivity index (χ0n) is 65.7. The SMILES string of the molecule is CCCCCCCCCC(=O)OC[C@H](COP(=O)(O)OC[C@H](O)COP(=O)(O)OC[C@@H](COC(=O)CCCCCCCCCCCCCCCCCCCCC(C)C)OC(=O)CCCCCCCCCCCCCCCCCCCCC(C)CC)OC(=O)CCCCCCCCC(C)CC. The molecule has 0 aliphatic rings. The third-order valence-corrected chi connectivity index (χ3v) is 21.5. The minimum Gasteiger partial charge on any atom is -0.462 e. The number of rotatable bonds is 79. The largest absolute Gasteiger partial charge is 0.472 e. The number of carbonyl (C=O) groups excluding carboxylic acids is 4. The Morgan fingerprint density at radius 2 is 0.510 bits per heavy atom. The Labute approximate surface area is 613 Å². The third-order valence-electron chi connectivity index (χ3n) is 19.6. The monoisotopic (exact) mass is 1470 g/mol. The van der Waals surface area contributed by atoms with Crippen molar-refractivity contribution in [2.24, 2.45) is 17.8 Å². The van der Waals surface area contributed by atoms with Crippen LogP contribution in [-0.2, 0) is 65.4 Å². The van der Waals surface area contributed by atoms with Gasteiger partial charge < -0.3 is 33.8 Å². The summed E-state index contributed by atoms with van der Waals surface area (Å²) in [4.78, 5) is 72.8. The van der Waals surface area contributed by atoms with E-state index in [-0.39, 0.29) is 25.7 Å². The molecule has 0 saturated carbocycles. The summed E-state index contributed by atoms with van der Waals surface area (Å²) in [6.07, 6.45) is 60.1. The fraction of sp³-hybridized carbons (Fsp3) is 0.951. The molecule has 0 aromatic carbocycles. The molecular formula is C81H158O17P2. The topological polar surface area (TPSA) is 237 Å². The molecule has 0 amide bonds. The second-order valence-electron chi connectivity index (χ2n) is 30.1. The molecule has 0 rings (SSSR count). The molecule has 4 unspecified atom stereocenters. The van der Waals surface area contributed by atoms with Crippen LogP contribution >= 0.6 is 15.6 Å².